The second-order valence-electron chi connectivity index (χ2n) is 5.03. The van der Waals surface area contributed by atoms with Crippen LogP contribution in [0.3, 0.4) is 0 Å². The third-order valence-corrected chi connectivity index (χ3v) is 2.95. The van der Waals surface area contributed by atoms with Gasteiger partial charge in [-0.2, -0.15) is 0 Å². The molecule has 0 spiro atoms. The van der Waals surface area contributed by atoms with Gasteiger partial charge >= 0.3 is 0 Å². The van der Waals surface area contributed by atoms with Gasteiger partial charge in [0.25, 0.3) is 5.91 Å². The number of hydrogen-bond acceptors (Lipinski definition) is 3. The number of anilines is 1. The Bertz CT molecular complexity index is 606. The van der Waals surface area contributed by atoms with Crippen molar-refractivity contribution in [2.24, 2.45) is 0 Å². The molecule has 21 heavy (non-hydrogen) atoms. The van der Waals surface area contributed by atoms with Crippen molar-refractivity contribution in [3.8, 4) is 5.75 Å². The molecule has 0 bridgehead atoms. The Balaban J connectivity index is 2.01. The van der Waals surface area contributed by atoms with Gasteiger partial charge < -0.3 is 15.2 Å². The minimum absolute atomic E-state index is 0.0489. The predicted molar refractivity (Wildman–Crippen MR) is 82.4 cm³/mol. The molecule has 1 amide bonds. The first kappa shape index (κ1) is 15.1. The van der Waals surface area contributed by atoms with Crippen LogP contribution in [0.2, 0.25) is 0 Å². The number of ether oxygens (including phenoxy) is 1. The SMILES string of the molecule is CC(C)OCc1ccc(C(=O)Nc2ccccc2O)cc1. The molecule has 0 aliphatic carbocycles. The second-order valence-corrected chi connectivity index (χ2v) is 5.03. The molecule has 0 aliphatic rings. The van der Waals surface area contributed by atoms with E-state index < -0.39 is 0 Å². The van der Waals surface area contributed by atoms with E-state index in [4.69, 9.17) is 4.74 Å². The molecule has 0 saturated carbocycles. The molecule has 0 aliphatic heterocycles. The lowest BCUT2D eigenvalue weighted by molar-refractivity contribution is 0.0657. The third kappa shape index (κ3) is 4.33. The van der Waals surface area contributed by atoms with Crippen molar-refractivity contribution in [2.75, 3.05) is 5.32 Å². The van der Waals surface area contributed by atoms with Crippen LogP contribution in [0, 0.1) is 0 Å². The van der Waals surface area contributed by atoms with Gasteiger partial charge in [-0.15, -0.1) is 0 Å². The first-order valence-electron chi connectivity index (χ1n) is 6.86. The van der Waals surface area contributed by atoms with Crippen molar-refractivity contribution in [3.63, 3.8) is 0 Å². The molecule has 2 N–H and O–H groups in total. The number of aromatic hydroxyl groups is 1. The van der Waals surface area contributed by atoms with E-state index in [9.17, 15) is 9.90 Å². The largest absolute Gasteiger partial charge is 0.506 e. The standard InChI is InChI=1S/C17H19NO3/c1-12(2)21-11-13-7-9-14(10-8-13)17(20)18-15-5-3-4-6-16(15)19/h3-10,12,19H,11H2,1-2H3,(H,18,20). The maximum absolute atomic E-state index is 12.1. The number of rotatable bonds is 5. The Labute approximate surface area is 124 Å². The highest BCUT2D eigenvalue weighted by atomic mass is 16.5. The first-order chi connectivity index (χ1) is 10.1. The molecule has 0 saturated heterocycles. The van der Waals surface area contributed by atoms with Gasteiger partial charge in [-0.3, -0.25) is 4.79 Å². The number of carbonyl (C=O) groups is 1. The van der Waals surface area contributed by atoms with Crippen molar-refractivity contribution >= 4 is 11.6 Å². The first-order valence-corrected chi connectivity index (χ1v) is 6.86. The van der Waals surface area contributed by atoms with Gasteiger partial charge in [0.2, 0.25) is 0 Å². The van der Waals surface area contributed by atoms with E-state index in [0.29, 0.717) is 17.9 Å². The van der Waals surface area contributed by atoms with Crippen LogP contribution in [0.25, 0.3) is 0 Å². The minimum atomic E-state index is -0.257. The summed E-state index contributed by atoms with van der Waals surface area (Å²) < 4.78 is 5.51. The summed E-state index contributed by atoms with van der Waals surface area (Å²) in [5.41, 5.74) is 1.95. The van der Waals surface area contributed by atoms with Crippen molar-refractivity contribution < 1.29 is 14.6 Å². The van der Waals surface area contributed by atoms with E-state index in [2.05, 4.69) is 5.32 Å². The summed E-state index contributed by atoms with van der Waals surface area (Å²) in [6.45, 7) is 4.49. The van der Waals surface area contributed by atoms with E-state index in [-0.39, 0.29) is 17.8 Å². The maximum Gasteiger partial charge on any atom is 0.255 e. The molecule has 110 valence electrons. The zero-order chi connectivity index (χ0) is 15.2. The van der Waals surface area contributed by atoms with E-state index in [1.807, 2.05) is 26.0 Å². The molecule has 0 aromatic heterocycles. The maximum atomic E-state index is 12.1. The van der Waals surface area contributed by atoms with Gasteiger partial charge in [0.15, 0.2) is 0 Å². The normalized spacial score (nSPS) is 10.6. The number of nitrogens with one attached hydrogen (secondary N) is 1. The molecular formula is C17H19NO3. The van der Waals surface area contributed by atoms with Gasteiger partial charge in [-0.05, 0) is 43.7 Å². The number of benzene rings is 2. The Hall–Kier alpha value is -2.33. The zero-order valence-corrected chi connectivity index (χ0v) is 12.2. The molecule has 2 aromatic carbocycles. The fourth-order valence-electron chi connectivity index (χ4n) is 1.79. The molecule has 4 heteroatoms. The number of phenols is 1. The third-order valence-electron chi connectivity index (χ3n) is 2.95. The number of amides is 1. The highest BCUT2D eigenvalue weighted by Gasteiger charge is 2.08. The average Bonchev–Trinajstić information content (AvgIpc) is 2.48. The van der Waals surface area contributed by atoms with E-state index in [1.54, 1.807) is 30.3 Å². The quantitative estimate of drug-likeness (QED) is 0.826. The van der Waals surface area contributed by atoms with Crippen LogP contribution in [-0.2, 0) is 11.3 Å². The number of para-hydroxylation sites is 2. The fourth-order valence-corrected chi connectivity index (χ4v) is 1.79. The smallest absolute Gasteiger partial charge is 0.255 e. The number of carbonyl (C=O) groups excluding carboxylic acids is 1. The monoisotopic (exact) mass is 285 g/mol. The number of phenolic OH excluding ortho intramolecular Hbond substituents is 1. The second kappa shape index (κ2) is 6.90. The summed E-state index contributed by atoms with van der Waals surface area (Å²) in [6.07, 6.45) is 0.175. The van der Waals surface area contributed by atoms with Crippen molar-refractivity contribution in [2.45, 2.75) is 26.6 Å². The van der Waals surface area contributed by atoms with Gasteiger partial charge in [-0.25, -0.2) is 0 Å². The Morgan fingerprint density at radius 3 is 2.43 bits per heavy atom. The van der Waals surface area contributed by atoms with E-state index >= 15 is 0 Å². The summed E-state index contributed by atoms with van der Waals surface area (Å²) in [7, 11) is 0. The van der Waals surface area contributed by atoms with Gasteiger partial charge in [-0.1, -0.05) is 24.3 Å². The average molecular weight is 285 g/mol. The molecule has 2 rings (SSSR count). The molecule has 2 aromatic rings. The lowest BCUT2D eigenvalue weighted by Gasteiger charge is -2.09. The van der Waals surface area contributed by atoms with Crippen molar-refractivity contribution in [1.29, 1.82) is 0 Å². The topological polar surface area (TPSA) is 58.6 Å². The fraction of sp³-hybridized carbons (Fsp3) is 0.235. The molecule has 0 radical (unpaired) electrons. The van der Waals surface area contributed by atoms with Crippen LogP contribution >= 0.6 is 0 Å². The predicted octanol–water partition coefficient (Wildman–Crippen LogP) is 3.57. The van der Waals surface area contributed by atoms with Crippen LogP contribution in [0.1, 0.15) is 29.8 Å². The molecule has 0 fully saturated rings. The molecule has 0 atom stereocenters. The molecule has 0 heterocycles. The summed E-state index contributed by atoms with van der Waals surface area (Å²) >= 11 is 0. The highest BCUT2D eigenvalue weighted by Crippen LogP contribution is 2.22. The lowest BCUT2D eigenvalue weighted by Crippen LogP contribution is -2.12. The summed E-state index contributed by atoms with van der Waals surface area (Å²) in [5, 5.41) is 12.3. The molecular weight excluding hydrogens is 266 g/mol. The molecule has 4 nitrogen and oxygen atoms in total. The van der Waals surface area contributed by atoms with Crippen LogP contribution in [0.5, 0.6) is 5.75 Å². The summed E-state index contributed by atoms with van der Waals surface area (Å²) in [6, 6.07) is 13.9. The Morgan fingerprint density at radius 2 is 1.81 bits per heavy atom. The van der Waals surface area contributed by atoms with E-state index in [1.165, 1.54) is 6.07 Å². The van der Waals surface area contributed by atoms with Gasteiger partial charge in [0.05, 0.1) is 18.4 Å². The summed E-state index contributed by atoms with van der Waals surface area (Å²) in [4.78, 5) is 12.1. The van der Waals surface area contributed by atoms with Crippen molar-refractivity contribution in [1.82, 2.24) is 0 Å². The number of hydrogen-bond donors (Lipinski definition) is 2. The molecule has 0 unspecified atom stereocenters. The van der Waals surface area contributed by atoms with Gasteiger partial charge in [0.1, 0.15) is 5.75 Å². The Kier molecular flexibility index (Phi) is 4.95. The van der Waals surface area contributed by atoms with Crippen molar-refractivity contribution in [3.05, 3.63) is 59.7 Å². The zero-order valence-electron chi connectivity index (χ0n) is 12.2. The Morgan fingerprint density at radius 1 is 1.14 bits per heavy atom. The summed E-state index contributed by atoms with van der Waals surface area (Å²) in [5.74, 6) is -0.208. The van der Waals surface area contributed by atoms with E-state index in [0.717, 1.165) is 5.56 Å². The minimum Gasteiger partial charge on any atom is -0.506 e. The van der Waals surface area contributed by atoms with Crippen LogP contribution in [0.4, 0.5) is 5.69 Å². The van der Waals surface area contributed by atoms with Crippen LogP contribution < -0.4 is 5.32 Å². The lowest BCUT2D eigenvalue weighted by atomic mass is 10.1. The van der Waals surface area contributed by atoms with Crippen LogP contribution in [-0.4, -0.2) is 17.1 Å². The van der Waals surface area contributed by atoms with Gasteiger partial charge in [0, 0.05) is 5.56 Å². The van der Waals surface area contributed by atoms with Crippen LogP contribution in [0.15, 0.2) is 48.5 Å². The highest BCUT2D eigenvalue weighted by molar-refractivity contribution is 6.04.